The van der Waals surface area contributed by atoms with Crippen LogP contribution in [-0.2, 0) is 0 Å². The number of hydrogen-bond donors (Lipinski definition) is 4. The minimum absolute atomic E-state index is 0.0347. The van der Waals surface area contributed by atoms with Crippen LogP contribution in [0.3, 0.4) is 0 Å². The van der Waals surface area contributed by atoms with Gasteiger partial charge in [0.1, 0.15) is 23.0 Å². The van der Waals surface area contributed by atoms with Crippen LogP contribution >= 0.6 is 0 Å². The van der Waals surface area contributed by atoms with E-state index in [0.717, 1.165) is 0 Å². The number of nitrogens with zero attached hydrogens (tertiary/aromatic N) is 2. The summed E-state index contributed by atoms with van der Waals surface area (Å²) in [5.74, 6) is 0.139. The molecule has 0 saturated heterocycles. The fourth-order valence-electron chi connectivity index (χ4n) is 2.60. The first-order chi connectivity index (χ1) is 20.4. The highest BCUT2D eigenvalue weighted by Crippen LogP contribution is 2.13. The minimum atomic E-state index is 0.0347. The number of aromatic hydroxyl groups is 4. The standard InChI is InChI=1S/4C7H6O2.C4H4N2/c4*8-5-6-3-1-2-4-7(6)9;1-2-4-6-5-3-1/h4*1-5,9H;1-4H. The maximum absolute atomic E-state index is 10.1. The number of rotatable bonds is 4. The molecule has 0 amide bonds. The summed E-state index contributed by atoms with van der Waals surface area (Å²) in [6.45, 7) is 0. The molecule has 0 atom stereocenters. The van der Waals surface area contributed by atoms with Gasteiger partial charge in [0, 0.05) is 12.4 Å². The van der Waals surface area contributed by atoms with Gasteiger partial charge < -0.3 is 20.4 Å². The van der Waals surface area contributed by atoms with Crippen molar-refractivity contribution < 1.29 is 39.6 Å². The van der Waals surface area contributed by atoms with Crippen LogP contribution in [-0.4, -0.2) is 55.8 Å². The molecule has 1 aromatic heterocycles. The average molecular weight is 569 g/mol. The zero-order valence-corrected chi connectivity index (χ0v) is 22.2. The molecule has 5 rings (SSSR count). The van der Waals surface area contributed by atoms with Crippen molar-refractivity contribution >= 4 is 25.1 Å². The normalized spacial score (nSPS) is 8.76. The van der Waals surface area contributed by atoms with Crippen LogP contribution in [0.5, 0.6) is 23.0 Å². The molecule has 0 bridgehead atoms. The van der Waals surface area contributed by atoms with Gasteiger partial charge in [0.25, 0.3) is 0 Å². The summed E-state index contributed by atoms with van der Waals surface area (Å²) in [4.78, 5) is 40.3. The van der Waals surface area contributed by atoms with Crippen LogP contribution in [0.15, 0.2) is 122 Å². The molecule has 10 heteroatoms. The van der Waals surface area contributed by atoms with Crippen LogP contribution in [0.2, 0.25) is 0 Å². The molecule has 4 N–H and O–H groups in total. The lowest BCUT2D eigenvalue weighted by Gasteiger charge is -1.91. The van der Waals surface area contributed by atoms with Crippen LogP contribution in [0.25, 0.3) is 0 Å². The van der Waals surface area contributed by atoms with Crippen LogP contribution in [0, 0.1) is 0 Å². The first-order valence-electron chi connectivity index (χ1n) is 12.0. The molecular formula is C32H28N2O8. The van der Waals surface area contributed by atoms with Gasteiger partial charge in [-0.05, 0) is 60.7 Å². The van der Waals surface area contributed by atoms with Gasteiger partial charge in [0.05, 0.1) is 22.3 Å². The van der Waals surface area contributed by atoms with Crippen molar-refractivity contribution in [1.29, 1.82) is 0 Å². The van der Waals surface area contributed by atoms with Crippen molar-refractivity contribution in [3.63, 3.8) is 0 Å². The highest BCUT2D eigenvalue weighted by molar-refractivity contribution is 5.80. The Hall–Kier alpha value is -6.16. The number of aromatic nitrogens is 2. The van der Waals surface area contributed by atoms with Crippen molar-refractivity contribution in [2.24, 2.45) is 0 Å². The van der Waals surface area contributed by atoms with Crippen LogP contribution in [0.4, 0.5) is 0 Å². The van der Waals surface area contributed by atoms with Crippen molar-refractivity contribution in [3.05, 3.63) is 144 Å². The first kappa shape index (κ1) is 33.9. The molecule has 0 saturated carbocycles. The Morgan fingerprint density at radius 2 is 0.571 bits per heavy atom. The van der Waals surface area contributed by atoms with Crippen molar-refractivity contribution in [2.45, 2.75) is 0 Å². The minimum Gasteiger partial charge on any atom is -0.507 e. The third kappa shape index (κ3) is 13.6. The van der Waals surface area contributed by atoms with E-state index in [9.17, 15) is 19.2 Å². The molecule has 0 aliphatic rings. The number of aldehydes is 4. The number of phenols is 4. The lowest BCUT2D eigenvalue weighted by Crippen LogP contribution is -1.77. The largest absolute Gasteiger partial charge is 0.507 e. The average Bonchev–Trinajstić information content (AvgIpc) is 3.04. The quantitative estimate of drug-likeness (QED) is 0.208. The zero-order chi connectivity index (χ0) is 31.0. The summed E-state index contributed by atoms with van der Waals surface area (Å²) in [7, 11) is 0. The summed E-state index contributed by atoms with van der Waals surface area (Å²) < 4.78 is 0. The Labute approximate surface area is 241 Å². The molecular weight excluding hydrogens is 540 g/mol. The van der Waals surface area contributed by atoms with Gasteiger partial charge in [-0.3, -0.25) is 19.2 Å². The lowest BCUT2D eigenvalue weighted by atomic mass is 10.2. The number of carbonyl (C=O) groups excluding carboxylic acids is 4. The number of phenolic OH excluding ortho intramolecular Hbond substituents is 4. The Morgan fingerprint density at radius 3 is 0.690 bits per heavy atom. The number of carbonyl (C=O) groups is 4. The second kappa shape index (κ2) is 20.8. The number of hydrogen-bond acceptors (Lipinski definition) is 10. The second-order valence-corrected chi connectivity index (χ2v) is 7.62. The van der Waals surface area contributed by atoms with E-state index in [0.29, 0.717) is 47.4 Å². The molecule has 0 fully saturated rings. The van der Waals surface area contributed by atoms with Gasteiger partial charge in [0.15, 0.2) is 25.1 Å². The molecule has 0 aliphatic carbocycles. The Bertz CT molecular complexity index is 1290. The summed E-state index contributed by atoms with van der Waals surface area (Å²) in [6.07, 6.45) is 5.76. The Kier molecular flexibility index (Phi) is 16.7. The fraction of sp³-hybridized carbons (Fsp3) is 0. The molecule has 0 aliphatic heterocycles. The van der Waals surface area contributed by atoms with Crippen LogP contribution in [0.1, 0.15) is 41.4 Å². The van der Waals surface area contributed by atoms with E-state index in [1.165, 1.54) is 24.3 Å². The predicted molar refractivity (Wildman–Crippen MR) is 156 cm³/mol. The molecule has 10 nitrogen and oxygen atoms in total. The molecule has 214 valence electrons. The van der Waals surface area contributed by atoms with Crippen LogP contribution < -0.4 is 0 Å². The van der Waals surface area contributed by atoms with E-state index >= 15 is 0 Å². The van der Waals surface area contributed by atoms with Crippen molar-refractivity contribution in [1.82, 2.24) is 10.2 Å². The topological polar surface area (TPSA) is 175 Å². The van der Waals surface area contributed by atoms with E-state index in [1.54, 1.807) is 85.2 Å². The highest BCUT2D eigenvalue weighted by atomic mass is 16.3. The number of benzene rings is 4. The Morgan fingerprint density at radius 1 is 0.357 bits per heavy atom. The SMILES string of the molecule is O=Cc1ccccc1O.O=Cc1ccccc1O.O=Cc1ccccc1O.O=Cc1ccccc1O.c1ccnnc1. The van der Waals surface area contributed by atoms with E-state index in [2.05, 4.69) is 10.2 Å². The van der Waals surface area contributed by atoms with E-state index < -0.39 is 0 Å². The molecule has 42 heavy (non-hydrogen) atoms. The summed E-state index contributed by atoms with van der Waals surface area (Å²) in [6, 6.07) is 29.3. The third-order valence-electron chi connectivity index (χ3n) is 4.74. The Balaban J connectivity index is 0.000000264. The van der Waals surface area contributed by atoms with Gasteiger partial charge in [-0.2, -0.15) is 10.2 Å². The molecule has 0 spiro atoms. The first-order valence-corrected chi connectivity index (χ1v) is 12.0. The van der Waals surface area contributed by atoms with Crippen molar-refractivity contribution in [2.75, 3.05) is 0 Å². The third-order valence-corrected chi connectivity index (χ3v) is 4.74. The smallest absolute Gasteiger partial charge is 0.153 e. The van der Waals surface area contributed by atoms with E-state index in [1.807, 2.05) is 12.1 Å². The number of para-hydroxylation sites is 4. The zero-order valence-electron chi connectivity index (χ0n) is 22.2. The maximum atomic E-state index is 10.1. The van der Waals surface area contributed by atoms with Crippen molar-refractivity contribution in [3.8, 4) is 23.0 Å². The summed E-state index contributed by atoms with van der Waals surface area (Å²) in [5.41, 5.74) is 1.32. The molecule has 5 aromatic rings. The summed E-state index contributed by atoms with van der Waals surface area (Å²) in [5, 5.41) is 42.6. The predicted octanol–water partition coefficient (Wildman–Crippen LogP) is 5.30. The monoisotopic (exact) mass is 568 g/mol. The van der Waals surface area contributed by atoms with Gasteiger partial charge in [0.2, 0.25) is 0 Å². The summed E-state index contributed by atoms with van der Waals surface area (Å²) >= 11 is 0. The molecule has 0 unspecified atom stereocenters. The second-order valence-electron chi connectivity index (χ2n) is 7.62. The molecule has 4 aromatic carbocycles. The fourth-order valence-corrected chi connectivity index (χ4v) is 2.60. The van der Waals surface area contributed by atoms with E-state index in [4.69, 9.17) is 20.4 Å². The lowest BCUT2D eigenvalue weighted by molar-refractivity contribution is 0.111. The molecule has 0 radical (unpaired) electrons. The van der Waals surface area contributed by atoms with E-state index in [-0.39, 0.29) is 23.0 Å². The maximum Gasteiger partial charge on any atom is 0.153 e. The van der Waals surface area contributed by atoms with Gasteiger partial charge in [-0.1, -0.05) is 48.5 Å². The van der Waals surface area contributed by atoms with Gasteiger partial charge >= 0.3 is 0 Å². The van der Waals surface area contributed by atoms with Gasteiger partial charge in [-0.25, -0.2) is 0 Å². The highest BCUT2D eigenvalue weighted by Gasteiger charge is 1.95. The molecule has 1 heterocycles. The van der Waals surface area contributed by atoms with Gasteiger partial charge in [-0.15, -0.1) is 0 Å².